The number of hydrogen-bond donors (Lipinski definition) is 1. The molecule has 3 nitrogen and oxygen atoms in total. The quantitative estimate of drug-likeness (QED) is 0.830. The number of Topliss-reactive ketones (excluding diaryl/α,β-unsaturated/α-hetero) is 1. The summed E-state index contributed by atoms with van der Waals surface area (Å²) in [5.41, 5.74) is 0.866. The van der Waals surface area contributed by atoms with Crippen molar-refractivity contribution in [2.45, 2.75) is 38.6 Å². The molecule has 1 atom stereocenters. The second kappa shape index (κ2) is 5.96. The van der Waals surface area contributed by atoms with Gasteiger partial charge < -0.3 is 5.32 Å². The van der Waals surface area contributed by atoms with Crippen molar-refractivity contribution in [3.05, 3.63) is 34.0 Å². The number of allylic oxidation sites excluding steroid dienone is 1. The van der Waals surface area contributed by atoms with Crippen LogP contribution in [0.2, 0.25) is 0 Å². The Morgan fingerprint density at radius 1 is 1.50 bits per heavy atom. The molecule has 1 amide bonds. The third kappa shape index (κ3) is 3.29. The van der Waals surface area contributed by atoms with Crippen molar-refractivity contribution in [1.82, 2.24) is 5.32 Å². The highest BCUT2D eigenvalue weighted by atomic mass is 32.1. The topological polar surface area (TPSA) is 46.2 Å². The number of ketones is 1. The van der Waals surface area contributed by atoms with Crippen LogP contribution in [0.1, 0.15) is 42.3 Å². The van der Waals surface area contributed by atoms with E-state index in [0.717, 1.165) is 29.7 Å². The maximum absolute atomic E-state index is 11.9. The number of hydrogen-bond acceptors (Lipinski definition) is 3. The zero-order valence-corrected chi connectivity index (χ0v) is 11.3. The first-order chi connectivity index (χ1) is 8.66. The molecule has 0 saturated carbocycles. The Labute approximate surface area is 111 Å². The van der Waals surface area contributed by atoms with E-state index < -0.39 is 0 Å². The van der Waals surface area contributed by atoms with Gasteiger partial charge in [-0.1, -0.05) is 12.1 Å². The number of rotatable bonds is 5. The number of carbonyl (C=O) groups excluding carboxylic acids is 2. The first-order valence-corrected chi connectivity index (χ1v) is 7.11. The summed E-state index contributed by atoms with van der Waals surface area (Å²) < 4.78 is 0. The van der Waals surface area contributed by atoms with Gasteiger partial charge in [0.1, 0.15) is 0 Å². The number of thiophene rings is 1. The fourth-order valence-electron chi connectivity index (χ4n) is 2.06. The minimum absolute atomic E-state index is 0.0148. The second-order valence-electron chi connectivity index (χ2n) is 4.60. The van der Waals surface area contributed by atoms with E-state index in [4.69, 9.17) is 0 Å². The van der Waals surface area contributed by atoms with E-state index >= 15 is 0 Å². The lowest BCUT2D eigenvalue weighted by Gasteiger charge is -2.13. The van der Waals surface area contributed by atoms with Crippen LogP contribution in [0.25, 0.3) is 0 Å². The molecular formula is C14H17NO2S. The Morgan fingerprint density at radius 3 is 2.94 bits per heavy atom. The first kappa shape index (κ1) is 13.0. The Kier molecular flexibility index (Phi) is 4.31. The molecule has 2 rings (SSSR count). The Balaban J connectivity index is 1.83. The van der Waals surface area contributed by atoms with Gasteiger partial charge in [-0.15, -0.1) is 11.3 Å². The molecule has 1 aliphatic carbocycles. The van der Waals surface area contributed by atoms with Crippen molar-refractivity contribution < 1.29 is 9.59 Å². The van der Waals surface area contributed by atoms with Crippen LogP contribution in [-0.2, 0) is 4.79 Å². The molecule has 0 aliphatic heterocycles. The van der Waals surface area contributed by atoms with Gasteiger partial charge in [0, 0.05) is 18.0 Å². The fourth-order valence-corrected chi connectivity index (χ4v) is 2.74. The maximum Gasteiger partial charge on any atom is 0.247 e. The van der Waals surface area contributed by atoms with Crippen molar-refractivity contribution in [2.75, 3.05) is 0 Å². The van der Waals surface area contributed by atoms with Crippen LogP contribution in [0, 0.1) is 0 Å². The van der Waals surface area contributed by atoms with Crippen LogP contribution in [0.4, 0.5) is 0 Å². The summed E-state index contributed by atoms with van der Waals surface area (Å²) in [5, 5.41) is 4.78. The van der Waals surface area contributed by atoms with Gasteiger partial charge in [0.25, 0.3) is 0 Å². The number of amides is 1. The fraction of sp³-hybridized carbons (Fsp3) is 0.429. The lowest BCUT2D eigenvalue weighted by Crippen LogP contribution is -2.34. The molecule has 1 N–H and O–H groups in total. The van der Waals surface area contributed by atoms with E-state index in [1.54, 1.807) is 0 Å². The lowest BCUT2D eigenvalue weighted by molar-refractivity contribution is -0.118. The Hall–Kier alpha value is -1.42. The SMILES string of the molecule is C[C@@H](CC(=O)c1cccs1)NC(=O)C1=CCCC1. The summed E-state index contributed by atoms with van der Waals surface area (Å²) in [4.78, 5) is 24.5. The maximum atomic E-state index is 11.9. The highest BCUT2D eigenvalue weighted by Crippen LogP contribution is 2.18. The van der Waals surface area contributed by atoms with Gasteiger partial charge in [-0.05, 0) is 37.6 Å². The highest BCUT2D eigenvalue weighted by Gasteiger charge is 2.17. The monoisotopic (exact) mass is 263 g/mol. The first-order valence-electron chi connectivity index (χ1n) is 6.23. The largest absolute Gasteiger partial charge is 0.349 e. The summed E-state index contributed by atoms with van der Waals surface area (Å²) in [6, 6.07) is 3.57. The lowest BCUT2D eigenvalue weighted by atomic mass is 10.1. The van der Waals surface area contributed by atoms with E-state index in [2.05, 4.69) is 5.32 Å². The van der Waals surface area contributed by atoms with Crippen LogP contribution in [-0.4, -0.2) is 17.7 Å². The summed E-state index contributed by atoms with van der Waals surface area (Å²) in [5.74, 6) is 0.0807. The van der Waals surface area contributed by atoms with Gasteiger partial charge >= 0.3 is 0 Å². The molecular weight excluding hydrogens is 246 g/mol. The van der Waals surface area contributed by atoms with Gasteiger partial charge in [0.15, 0.2) is 5.78 Å². The normalized spacial score (nSPS) is 16.2. The van der Waals surface area contributed by atoms with Crippen LogP contribution in [0.3, 0.4) is 0 Å². The molecule has 1 aliphatic rings. The van der Waals surface area contributed by atoms with Gasteiger partial charge in [-0.25, -0.2) is 0 Å². The zero-order valence-electron chi connectivity index (χ0n) is 10.4. The van der Waals surface area contributed by atoms with Gasteiger partial charge in [0.2, 0.25) is 5.91 Å². The van der Waals surface area contributed by atoms with Crippen molar-refractivity contribution in [3.8, 4) is 0 Å². The predicted octanol–water partition coefficient (Wildman–Crippen LogP) is 2.94. The van der Waals surface area contributed by atoms with Gasteiger partial charge in [-0.2, -0.15) is 0 Å². The Morgan fingerprint density at radius 2 is 2.33 bits per heavy atom. The van der Waals surface area contributed by atoms with Crippen molar-refractivity contribution in [3.63, 3.8) is 0 Å². The van der Waals surface area contributed by atoms with Gasteiger partial charge in [-0.3, -0.25) is 9.59 Å². The summed E-state index contributed by atoms with van der Waals surface area (Å²) in [6.07, 6.45) is 5.26. The second-order valence-corrected chi connectivity index (χ2v) is 5.55. The molecule has 0 fully saturated rings. The molecule has 0 aromatic carbocycles. The molecule has 1 aromatic rings. The molecule has 0 bridgehead atoms. The predicted molar refractivity (Wildman–Crippen MR) is 72.8 cm³/mol. The van der Waals surface area contributed by atoms with E-state index in [1.807, 2.05) is 30.5 Å². The average Bonchev–Trinajstić information content (AvgIpc) is 3.02. The van der Waals surface area contributed by atoms with Crippen molar-refractivity contribution >= 4 is 23.0 Å². The Bertz CT molecular complexity index is 462. The number of carbonyl (C=O) groups is 2. The van der Waals surface area contributed by atoms with Crippen LogP contribution in [0.15, 0.2) is 29.2 Å². The molecule has 0 radical (unpaired) electrons. The van der Waals surface area contributed by atoms with E-state index in [1.165, 1.54) is 11.3 Å². The molecule has 1 heterocycles. The van der Waals surface area contributed by atoms with Crippen molar-refractivity contribution in [1.29, 1.82) is 0 Å². The van der Waals surface area contributed by atoms with E-state index in [0.29, 0.717) is 6.42 Å². The third-order valence-corrected chi connectivity index (χ3v) is 3.91. The number of nitrogens with one attached hydrogen (secondary N) is 1. The highest BCUT2D eigenvalue weighted by molar-refractivity contribution is 7.12. The minimum Gasteiger partial charge on any atom is -0.349 e. The smallest absolute Gasteiger partial charge is 0.247 e. The molecule has 4 heteroatoms. The van der Waals surface area contributed by atoms with Crippen LogP contribution in [0.5, 0.6) is 0 Å². The van der Waals surface area contributed by atoms with E-state index in [9.17, 15) is 9.59 Å². The average molecular weight is 263 g/mol. The van der Waals surface area contributed by atoms with Crippen LogP contribution < -0.4 is 5.32 Å². The third-order valence-electron chi connectivity index (χ3n) is 3.00. The zero-order chi connectivity index (χ0) is 13.0. The van der Waals surface area contributed by atoms with Crippen LogP contribution >= 0.6 is 11.3 Å². The summed E-state index contributed by atoms with van der Waals surface area (Å²) in [6.45, 7) is 1.87. The summed E-state index contributed by atoms with van der Waals surface area (Å²) >= 11 is 1.44. The van der Waals surface area contributed by atoms with E-state index in [-0.39, 0.29) is 17.7 Å². The molecule has 18 heavy (non-hydrogen) atoms. The molecule has 96 valence electrons. The standard InChI is InChI=1S/C14H17NO2S/c1-10(9-12(16)13-7-4-8-18-13)15-14(17)11-5-2-3-6-11/h4-5,7-8,10H,2-3,6,9H2,1H3,(H,15,17)/t10-/m0/s1. The minimum atomic E-state index is -0.117. The molecule has 1 aromatic heterocycles. The molecule has 0 unspecified atom stereocenters. The van der Waals surface area contributed by atoms with Gasteiger partial charge in [0.05, 0.1) is 4.88 Å². The molecule has 0 spiro atoms. The summed E-state index contributed by atoms with van der Waals surface area (Å²) in [7, 11) is 0. The molecule has 0 saturated heterocycles. The van der Waals surface area contributed by atoms with Crippen molar-refractivity contribution in [2.24, 2.45) is 0 Å².